The smallest absolute Gasteiger partial charge is 0.0727 e. The molecule has 0 unspecified atom stereocenters. The predicted molar refractivity (Wildman–Crippen MR) is 240 cm³/mol. The highest BCUT2D eigenvalue weighted by Crippen LogP contribution is 2.47. The number of rotatable bonds is 16. The molecule has 0 bridgehead atoms. The first-order valence-corrected chi connectivity index (χ1v) is 22.4. The summed E-state index contributed by atoms with van der Waals surface area (Å²) in [5.41, 5.74) is 10.6. The van der Waals surface area contributed by atoms with Gasteiger partial charge in [0.25, 0.3) is 0 Å². The van der Waals surface area contributed by atoms with Gasteiger partial charge >= 0.3 is 0 Å². The zero-order chi connectivity index (χ0) is 36.4. The molecule has 9 aromatic rings. The fraction of sp³-hybridized carbons (Fsp3) is 0.320. The number of hydrogen-bond acceptors (Lipinski definition) is 2. The van der Waals surface area contributed by atoms with E-state index in [1.165, 1.54) is 162 Å². The van der Waals surface area contributed by atoms with E-state index in [1.54, 1.807) is 0 Å². The first kappa shape index (κ1) is 35.3. The molecule has 0 aliphatic heterocycles. The molecule has 2 nitrogen and oxygen atoms in total. The van der Waals surface area contributed by atoms with Gasteiger partial charge in [0, 0.05) is 42.3 Å². The predicted octanol–water partition coefficient (Wildman–Crippen LogP) is 16.1. The summed E-state index contributed by atoms with van der Waals surface area (Å²) in [6.07, 6.45) is 18.3. The lowest BCUT2D eigenvalue weighted by atomic mass is 10.0. The largest absolute Gasteiger partial charge is 0.308 e. The number of hydrogen-bond donors (Lipinski definition) is 0. The molecule has 0 aliphatic carbocycles. The molecule has 0 radical (unpaired) electrons. The van der Waals surface area contributed by atoms with Gasteiger partial charge in [0.15, 0.2) is 0 Å². The lowest BCUT2D eigenvalue weighted by Gasteiger charge is -2.11. The number of nitrogens with zero attached hydrogens (tertiary/aromatic N) is 2. The van der Waals surface area contributed by atoms with Crippen LogP contribution in [0.5, 0.6) is 0 Å². The maximum absolute atomic E-state index is 2.56. The summed E-state index contributed by atoms with van der Waals surface area (Å²) in [4.78, 5) is 0. The number of fused-ring (bicyclic) bond motifs is 10. The summed E-state index contributed by atoms with van der Waals surface area (Å²) in [7, 11) is 0. The van der Waals surface area contributed by atoms with Crippen LogP contribution in [-0.4, -0.2) is 9.13 Å². The molecule has 9 rings (SSSR count). The Balaban J connectivity index is 1.16. The van der Waals surface area contributed by atoms with Gasteiger partial charge < -0.3 is 9.13 Å². The van der Waals surface area contributed by atoms with Crippen LogP contribution in [0.15, 0.2) is 109 Å². The average Bonchev–Trinajstić information content (AvgIpc) is 3.94. The van der Waals surface area contributed by atoms with Gasteiger partial charge in [-0.2, -0.15) is 0 Å². The van der Waals surface area contributed by atoms with Crippen molar-refractivity contribution in [2.45, 2.75) is 104 Å². The molecule has 0 N–H and O–H groups in total. The van der Waals surface area contributed by atoms with Crippen LogP contribution in [0.1, 0.15) is 102 Å². The lowest BCUT2D eigenvalue weighted by Crippen LogP contribution is -1.96. The van der Waals surface area contributed by atoms with Crippen LogP contribution in [0.2, 0.25) is 0 Å². The zero-order valence-corrected chi connectivity index (χ0v) is 33.6. The highest BCUT2D eigenvalue weighted by atomic mass is 32.1. The minimum Gasteiger partial charge on any atom is -0.308 e. The van der Waals surface area contributed by atoms with Crippen LogP contribution in [0.3, 0.4) is 0 Å². The molecule has 274 valence electrons. The molecule has 0 fully saturated rings. The Labute approximate surface area is 328 Å². The highest BCUT2D eigenvalue weighted by Gasteiger charge is 2.23. The topological polar surface area (TPSA) is 9.86 Å². The Hall–Kier alpha value is -4.38. The van der Waals surface area contributed by atoms with Crippen molar-refractivity contribution in [3.8, 4) is 11.4 Å². The van der Waals surface area contributed by atoms with Crippen molar-refractivity contribution in [2.75, 3.05) is 0 Å². The van der Waals surface area contributed by atoms with Crippen LogP contribution in [0.4, 0.5) is 0 Å². The quantitative estimate of drug-likeness (QED) is 0.0872. The molecule has 4 aromatic heterocycles. The minimum absolute atomic E-state index is 1.16. The minimum atomic E-state index is 1.16. The van der Waals surface area contributed by atoms with Crippen LogP contribution >= 0.6 is 22.7 Å². The second kappa shape index (κ2) is 15.8. The van der Waals surface area contributed by atoms with E-state index in [4.69, 9.17) is 0 Å². The van der Waals surface area contributed by atoms with Gasteiger partial charge in [0.1, 0.15) is 0 Å². The molecule has 0 aliphatic rings. The van der Waals surface area contributed by atoms with Crippen molar-refractivity contribution in [2.24, 2.45) is 0 Å². The molecular formula is C50H52N2S2. The molecule has 4 heteroatoms. The van der Waals surface area contributed by atoms with Crippen LogP contribution in [0, 0.1) is 0 Å². The molecule has 0 saturated heterocycles. The standard InChI is InChI=1S/C50H52N2S2/c1-3-5-7-9-11-13-19-35-25-29-37(30-26-35)51-43-33-42-44(34-41(43)49-47(51)39-21-15-17-23-45(39)53-49)52(48-40-22-16-18-24-46(40)54-50(42)48)38-31-27-36(28-32-38)20-14-12-10-8-6-4-2/h15-18,21-34H,3-14,19-20H2,1-2H3. The van der Waals surface area contributed by atoms with Crippen molar-refractivity contribution in [1.29, 1.82) is 0 Å². The molecular weight excluding hydrogens is 693 g/mol. The first-order valence-electron chi connectivity index (χ1n) is 20.7. The van der Waals surface area contributed by atoms with Crippen LogP contribution in [0.25, 0.3) is 73.8 Å². The van der Waals surface area contributed by atoms with Crippen molar-refractivity contribution < 1.29 is 0 Å². The maximum Gasteiger partial charge on any atom is 0.0727 e. The summed E-state index contributed by atoms with van der Waals surface area (Å²) in [6.45, 7) is 4.59. The Morgan fingerprint density at radius 3 is 1.22 bits per heavy atom. The third-order valence-corrected chi connectivity index (χ3v) is 14.1. The van der Waals surface area contributed by atoms with E-state index in [0.717, 1.165) is 12.8 Å². The third-order valence-electron chi connectivity index (χ3n) is 11.7. The van der Waals surface area contributed by atoms with Gasteiger partial charge in [0.2, 0.25) is 0 Å². The molecule has 0 spiro atoms. The van der Waals surface area contributed by atoms with E-state index in [1.807, 2.05) is 22.7 Å². The van der Waals surface area contributed by atoms with E-state index in [9.17, 15) is 0 Å². The summed E-state index contributed by atoms with van der Waals surface area (Å²) in [5, 5.41) is 5.35. The monoisotopic (exact) mass is 744 g/mol. The number of benzene rings is 5. The van der Waals surface area contributed by atoms with E-state index in [2.05, 4.69) is 132 Å². The van der Waals surface area contributed by atoms with Crippen LogP contribution < -0.4 is 0 Å². The van der Waals surface area contributed by atoms with Gasteiger partial charge in [-0.15, -0.1) is 22.7 Å². The number of aryl methyl sites for hydroxylation is 2. The fourth-order valence-electron chi connectivity index (χ4n) is 8.80. The van der Waals surface area contributed by atoms with E-state index in [-0.39, 0.29) is 0 Å². The lowest BCUT2D eigenvalue weighted by molar-refractivity contribution is 0.607. The number of thiophene rings is 2. The van der Waals surface area contributed by atoms with Crippen molar-refractivity contribution in [3.05, 3.63) is 120 Å². The van der Waals surface area contributed by atoms with Gasteiger partial charge in [0.05, 0.1) is 31.5 Å². The molecule has 4 heterocycles. The normalized spacial score (nSPS) is 12.2. The Morgan fingerprint density at radius 2 is 0.796 bits per heavy atom. The summed E-state index contributed by atoms with van der Waals surface area (Å²) in [5.74, 6) is 0. The van der Waals surface area contributed by atoms with Crippen molar-refractivity contribution in [1.82, 2.24) is 9.13 Å². The maximum atomic E-state index is 2.56. The second-order valence-corrected chi connectivity index (χ2v) is 17.6. The zero-order valence-electron chi connectivity index (χ0n) is 32.0. The Bertz CT molecular complexity index is 2490. The van der Waals surface area contributed by atoms with Gasteiger partial charge in [-0.05, 0) is 85.3 Å². The van der Waals surface area contributed by atoms with E-state index in [0.29, 0.717) is 0 Å². The highest BCUT2D eigenvalue weighted by molar-refractivity contribution is 7.27. The Kier molecular flexibility index (Phi) is 10.3. The SMILES string of the molecule is CCCCCCCCc1ccc(-n2c3cc4c5sc6ccccc6c5n(-c5ccc(CCCCCCCC)cc5)c4cc3c3sc4ccccc4c32)cc1. The molecule has 0 saturated carbocycles. The molecule has 0 amide bonds. The van der Waals surface area contributed by atoms with Crippen molar-refractivity contribution >= 4 is 85.1 Å². The third kappa shape index (κ3) is 6.56. The average molecular weight is 745 g/mol. The van der Waals surface area contributed by atoms with E-state index >= 15 is 0 Å². The second-order valence-electron chi connectivity index (χ2n) is 15.5. The summed E-state index contributed by atoms with van der Waals surface area (Å²) in [6, 6.07) is 42.0. The number of unbranched alkanes of at least 4 members (excludes halogenated alkanes) is 10. The van der Waals surface area contributed by atoms with Crippen molar-refractivity contribution in [3.63, 3.8) is 0 Å². The van der Waals surface area contributed by atoms with Crippen LogP contribution in [-0.2, 0) is 12.8 Å². The fourth-order valence-corrected chi connectivity index (χ4v) is 11.2. The van der Waals surface area contributed by atoms with Gasteiger partial charge in [-0.3, -0.25) is 0 Å². The van der Waals surface area contributed by atoms with Gasteiger partial charge in [-0.1, -0.05) is 139 Å². The first-order chi connectivity index (χ1) is 26.7. The molecule has 5 aromatic carbocycles. The van der Waals surface area contributed by atoms with Gasteiger partial charge in [-0.25, -0.2) is 0 Å². The van der Waals surface area contributed by atoms with E-state index < -0.39 is 0 Å². The molecule has 54 heavy (non-hydrogen) atoms. The number of aromatic nitrogens is 2. The molecule has 0 atom stereocenters. The Morgan fingerprint density at radius 1 is 0.407 bits per heavy atom. The summed E-state index contributed by atoms with van der Waals surface area (Å²) < 4.78 is 10.6. The summed E-state index contributed by atoms with van der Waals surface area (Å²) >= 11 is 3.88.